The SMILES string of the molecule is C[C@H]1[C@H](n2ccc(=O)[nH]c2=O)O[C@](F)(CO)[C@H]1O. The zero-order valence-electron chi connectivity index (χ0n) is 9.54. The van der Waals surface area contributed by atoms with Crippen LogP contribution >= 0.6 is 0 Å². The molecule has 100 valence electrons. The number of aliphatic hydroxyl groups is 2. The lowest BCUT2D eigenvalue weighted by molar-refractivity contribution is -0.207. The number of aromatic nitrogens is 2. The van der Waals surface area contributed by atoms with E-state index in [9.17, 15) is 19.1 Å². The van der Waals surface area contributed by atoms with Gasteiger partial charge in [-0.2, -0.15) is 0 Å². The van der Waals surface area contributed by atoms with E-state index in [0.29, 0.717) is 0 Å². The van der Waals surface area contributed by atoms with Crippen molar-refractivity contribution in [2.24, 2.45) is 5.92 Å². The molecule has 0 radical (unpaired) electrons. The first-order valence-corrected chi connectivity index (χ1v) is 5.36. The second-order valence-corrected chi connectivity index (χ2v) is 4.27. The van der Waals surface area contributed by atoms with Gasteiger partial charge in [0.05, 0.1) is 0 Å². The molecule has 18 heavy (non-hydrogen) atoms. The van der Waals surface area contributed by atoms with Gasteiger partial charge < -0.3 is 14.9 Å². The minimum absolute atomic E-state index is 0.587. The topological polar surface area (TPSA) is 105 Å². The van der Waals surface area contributed by atoms with E-state index in [4.69, 9.17) is 9.84 Å². The molecule has 0 spiro atoms. The smallest absolute Gasteiger partial charge is 0.330 e. The Morgan fingerprint density at radius 1 is 1.61 bits per heavy atom. The largest absolute Gasteiger partial charge is 0.390 e. The monoisotopic (exact) mass is 260 g/mol. The van der Waals surface area contributed by atoms with Crippen molar-refractivity contribution < 1.29 is 19.3 Å². The maximum atomic E-state index is 13.9. The number of hydrogen-bond donors (Lipinski definition) is 3. The average molecular weight is 260 g/mol. The molecule has 1 aliphatic rings. The molecule has 2 heterocycles. The maximum Gasteiger partial charge on any atom is 0.330 e. The number of alkyl halides is 1. The summed E-state index contributed by atoms with van der Waals surface area (Å²) >= 11 is 0. The molecule has 7 nitrogen and oxygen atoms in total. The number of nitrogens with zero attached hydrogens (tertiary/aromatic N) is 1. The molecule has 4 atom stereocenters. The second-order valence-electron chi connectivity index (χ2n) is 4.27. The third-order valence-electron chi connectivity index (χ3n) is 3.05. The van der Waals surface area contributed by atoms with Crippen LogP contribution < -0.4 is 11.2 Å². The Balaban J connectivity index is 2.41. The normalized spacial score (nSPS) is 35.9. The van der Waals surface area contributed by atoms with Gasteiger partial charge in [-0.15, -0.1) is 0 Å². The first-order chi connectivity index (χ1) is 8.39. The maximum absolute atomic E-state index is 13.9. The minimum atomic E-state index is -2.61. The van der Waals surface area contributed by atoms with Crippen LogP contribution in [0.25, 0.3) is 0 Å². The number of H-pyrrole nitrogens is 1. The van der Waals surface area contributed by atoms with Crippen LogP contribution in [0.4, 0.5) is 4.39 Å². The lowest BCUT2D eigenvalue weighted by Crippen LogP contribution is -2.39. The first kappa shape index (κ1) is 12.9. The van der Waals surface area contributed by atoms with Crippen molar-refractivity contribution in [3.63, 3.8) is 0 Å². The summed E-state index contributed by atoms with van der Waals surface area (Å²) in [6, 6.07) is 1.08. The number of halogens is 1. The molecule has 1 aromatic heterocycles. The van der Waals surface area contributed by atoms with Crippen LogP contribution in [0.5, 0.6) is 0 Å². The minimum Gasteiger partial charge on any atom is -0.390 e. The summed E-state index contributed by atoms with van der Waals surface area (Å²) in [5.41, 5.74) is -1.36. The molecule has 0 amide bonds. The molecular formula is C10H13FN2O5. The van der Waals surface area contributed by atoms with E-state index in [-0.39, 0.29) is 0 Å². The summed E-state index contributed by atoms with van der Waals surface area (Å²) in [6.07, 6.45) is -1.51. The van der Waals surface area contributed by atoms with E-state index in [2.05, 4.69) is 0 Å². The quantitative estimate of drug-likeness (QED) is 0.614. The molecule has 1 fully saturated rings. The molecule has 2 rings (SSSR count). The molecule has 0 saturated carbocycles. The van der Waals surface area contributed by atoms with Crippen molar-refractivity contribution in [3.05, 3.63) is 33.1 Å². The van der Waals surface area contributed by atoms with E-state index in [0.717, 1.165) is 16.8 Å². The Hall–Kier alpha value is -1.51. The van der Waals surface area contributed by atoms with Gasteiger partial charge in [-0.1, -0.05) is 6.92 Å². The van der Waals surface area contributed by atoms with Crippen molar-refractivity contribution in [1.82, 2.24) is 9.55 Å². The van der Waals surface area contributed by atoms with Crippen LogP contribution in [-0.4, -0.2) is 38.3 Å². The molecule has 3 N–H and O–H groups in total. The lowest BCUT2D eigenvalue weighted by Gasteiger charge is -2.20. The van der Waals surface area contributed by atoms with E-state index in [1.54, 1.807) is 0 Å². The zero-order chi connectivity index (χ0) is 13.5. The number of ether oxygens (including phenoxy) is 1. The van der Waals surface area contributed by atoms with Gasteiger partial charge in [-0.3, -0.25) is 14.3 Å². The van der Waals surface area contributed by atoms with Crippen LogP contribution in [0.1, 0.15) is 13.2 Å². The number of aliphatic hydroxyl groups excluding tert-OH is 2. The van der Waals surface area contributed by atoms with Crippen LogP contribution in [0, 0.1) is 5.92 Å². The second kappa shape index (κ2) is 4.30. The lowest BCUT2D eigenvalue weighted by atomic mass is 10.0. The van der Waals surface area contributed by atoms with Crippen molar-refractivity contribution in [3.8, 4) is 0 Å². The Morgan fingerprint density at radius 3 is 2.78 bits per heavy atom. The van der Waals surface area contributed by atoms with Crippen LogP contribution in [0.3, 0.4) is 0 Å². The van der Waals surface area contributed by atoms with Gasteiger partial charge in [0, 0.05) is 18.2 Å². The Kier molecular flexibility index (Phi) is 3.09. The summed E-state index contributed by atoms with van der Waals surface area (Å²) in [6.45, 7) is 0.455. The molecule has 0 aromatic carbocycles. The highest BCUT2D eigenvalue weighted by molar-refractivity contribution is 4.94. The summed E-state index contributed by atoms with van der Waals surface area (Å²) in [5.74, 6) is -3.37. The van der Waals surface area contributed by atoms with Crippen LogP contribution in [0.2, 0.25) is 0 Å². The Bertz CT molecular complexity index is 556. The van der Waals surface area contributed by atoms with E-state index >= 15 is 0 Å². The molecule has 1 aliphatic heterocycles. The molecule has 0 aliphatic carbocycles. The van der Waals surface area contributed by atoms with E-state index in [1.807, 2.05) is 4.98 Å². The Labute approximate surface area is 100 Å². The van der Waals surface area contributed by atoms with Gasteiger partial charge in [0.2, 0.25) is 0 Å². The van der Waals surface area contributed by atoms with Crippen molar-refractivity contribution in [2.75, 3.05) is 6.61 Å². The highest BCUT2D eigenvalue weighted by Crippen LogP contribution is 2.41. The summed E-state index contributed by atoms with van der Waals surface area (Å²) in [4.78, 5) is 24.5. The van der Waals surface area contributed by atoms with Gasteiger partial charge in [0.25, 0.3) is 11.4 Å². The van der Waals surface area contributed by atoms with Gasteiger partial charge in [0.15, 0.2) is 0 Å². The average Bonchev–Trinajstić information content (AvgIpc) is 2.55. The van der Waals surface area contributed by atoms with E-state index < -0.39 is 42.0 Å². The molecule has 1 saturated heterocycles. The number of hydrogen-bond acceptors (Lipinski definition) is 5. The fraction of sp³-hybridized carbons (Fsp3) is 0.600. The van der Waals surface area contributed by atoms with Crippen molar-refractivity contribution in [1.29, 1.82) is 0 Å². The zero-order valence-corrected chi connectivity index (χ0v) is 9.54. The fourth-order valence-electron chi connectivity index (χ4n) is 1.99. The van der Waals surface area contributed by atoms with Crippen molar-refractivity contribution in [2.45, 2.75) is 25.1 Å². The third-order valence-corrected chi connectivity index (χ3v) is 3.05. The Morgan fingerprint density at radius 2 is 2.28 bits per heavy atom. The fourth-order valence-corrected chi connectivity index (χ4v) is 1.99. The van der Waals surface area contributed by atoms with Gasteiger partial charge in [-0.05, 0) is 0 Å². The predicted molar refractivity (Wildman–Crippen MR) is 57.5 cm³/mol. The predicted octanol–water partition coefficient (Wildman–Crippen LogP) is -1.28. The molecule has 0 unspecified atom stereocenters. The summed E-state index contributed by atoms with van der Waals surface area (Å²) in [7, 11) is 0. The third kappa shape index (κ3) is 1.88. The molecule has 8 heteroatoms. The molecule has 0 bridgehead atoms. The molecular weight excluding hydrogens is 247 g/mol. The van der Waals surface area contributed by atoms with Gasteiger partial charge in [0.1, 0.15) is 18.9 Å². The van der Waals surface area contributed by atoms with Gasteiger partial charge >= 0.3 is 5.69 Å². The van der Waals surface area contributed by atoms with Gasteiger partial charge in [-0.25, -0.2) is 9.18 Å². The summed E-state index contributed by atoms with van der Waals surface area (Å²) in [5, 5.41) is 18.5. The van der Waals surface area contributed by atoms with Crippen molar-refractivity contribution >= 4 is 0 Å². The molecule has 1 aromatic rings. The standard InChI is InChI=1S/C10H13FN2O5/c1-5-7(16)10(11,4-14)18-8(5)13-3-2-6(15)12-9(13)17/h2-3,5,7-8,14,16H,4H2,1H3,(H,12,15,17)/t5-,7+,8-,10-/m1/s1. The van der Waals surface area contributed by atoms with Crippen LogP contribution in [0.15, 0.2) is 21.9 Å². The summed E-state index contributed by atoms with van der Waals surface area (Å²) < 4.78 is 19.8. The van der Waals surface area contributed by atoms with Crippen LogP contribution in [-0.2, 0) is 4.74 Å². The number of aromatic amines is 1. The highest BCUT2D eigenvalue weighted by Gasteiger charge is 2.54. The van der Waals surface area contributed by atoms with E-state index in [1.165, 1.54) is 6.92 Å². The first-order valence-electron chi connectivity index (χ1n) is 5.36. The number of rotatable bonds is 2. The highest BCUT2D eigenvalue weighted by atomic mass is 19.2. The number of nitrogens with one attached hydrogen (secondary N) is 1.